The Balaban J connectivity index is 1.26. The molecule has 0 saturated heterocycles. The molecule has 0 aromatic heterocycles. The molecule has 11 rings (SSSR count). The average Bonchev–Trinajstić information content (AvgIpc) is 3.25. The van der Waals surface area contributed by atoms with Crippen molar-refractivity contribution >= 4 is 63.3 Å². The van der Waals surface area contributed by atoms with Crippen LogP contribution < -0.4 is 30.3 Å². The van der Waals surface area contributed by atoms with Gasteiger partial charge in [-0.05, 0) is 133 Å². The summed E-state index contributed by atoms with van der Waals surface area (Å²) in [5.41, 5.74) is 21.6. The van der Waals surface area contributed by atoms with Gasteiger partial charge in [0.25, 0.3) is 0 Å². The number of ether oxygens (including phenoxy) is 1. The fourth-order valence-electron chi connectivity index (χ4n) is 11.2. The highest BCUT2D eigenvalue weighted by Crippen LogP contribution is 2.63. The Labute approximate surface area is 394 Å². The summed E-state index contributed by atoms with van der Waals surface area (Å²) in [6.45, 7) is 32.6. The molecule has 0 bridgehead atoms. The molecule has 0 unspecified atom stereocenters. The van der Waals surface area contributed by atoms with Crippen molar-refractivity contribution in [1.29, 1.82) is 0 Å². The van der Waals surface area contributed by atoms with Gasteiger partial charge in [-0.15, -0.1) is 0 Å². The van der Waals surface area contributed by atoms with Crippen molar-refractivity contribution in [2.75, 3.05) is 14.6 Å². The van der Waals surface area contributed by atoms with Crippen molar-refractivity contribution in [1.82, 2.24) is 0 Å². The SMILES string of the molecule is CC(C)(C)c1ccc(N2c3cc(C(C)(C)C)ccc3B3c4c(cc(C(C)(C)C)cc42)-c2cc(C(C)(C)C)cc4c2N3c2ccc3c(c2O4)C(C)(C)c2ccccc2N3c2ccccc2)cc1. The molecule has 0 atom stereocenters. The molecule has 332 valence electrons. The summed E-state index contributed by atoms with van der Waals surface area (Å²) >= 11 is 0. The summed E-state index contributed by atoms with van der Waals surface area (Å²) in [4.78, 5) is 7.71. The summed E-state index contributed by atoms with van der Waals surface area (Å²) in [6, 6.07) is 51.0. The van der Waals surface area contributed by atoms with E-state index in [1.54, 1.807) is 0 Å². The molecule has 0 amide bonds. The molecule has 0 aliphatic carbocycles. The van der Waals surface area contributed by atoms with Gasteiger partial charge in [-0.25, -0.2) is 0 Å². The van der Waals surface area contributed by atoms with Gasteiger partial charge in [-0.2, -0.15) is 0 Å². The second-order valence-corrected chi connectivity index (χ2v) is 24.0. The number of rotatable bonds is 2. The molecule has 7 aromatic rings. The number of nitrogens with zero attached hydrogens (tertiary/aromatic N) is 3. The second-order valence-electron chi connectivity index (χ2n) is 24.0. The van der Waals surface area contributed by atoms with Crippen LogP contribution in [0.1, 0.15) is 130 Å². The molecule has 0 fully saturated rings. The number of hydrogen-bond donors (Lipinski definition) is 0. The van der Waals surface area contributed by atoms with E-state index in [0.29, 0.717) is 0 Å². The van der Waals surface area contributed by atoms with Crippen LogP contribution in [-0.2, 0) is 27.1 Å². The number of benzene rings is 7. The van der Waals surface area contributed by atoms with Gasteiger partial charge in [0.15, 0.2) is 11.5 Å². The smallest absolute Gasteiger partial charge is 0.333 e. The van der Waals surface area contributed by atoms with Gasteiger partial charge in [-0.1, -0.05) is 164 Å². The van der Waals surface area contributed by atoms with Gasteiger partial charge in [-0.3, -0.25) is 0 Å². The fraction of sp³-hybridized carbons (Fsp3) is 0.311. The Kier molecular flexibility index (Phi) is 8.95. The maximum Gasteiger partial charge on any atom is 0.333 e. The van der Waals surface area contributed by atoms with Crippen LogP contribution in [0.3, 0.4) is 0 Å². The van der Waals surface area contributed by atoms with E-state index >= 15 is 0 Å². The normalized spacial score (nSPS) is 15.5. The molecular formula is C61H64BN3O. The zero-order valence-electron chi connectivity index (χ0n) is 41.5. The quantitative estimate of drug-likeness (QED) is 0.161. The molecule has 0 N–H and O–H groups in total. The van der Waals surface area contributed by atoms with Gasteiger partial charge in [0.1, 0.15) is 0 Å². The number of hydrogen-bond acceptors (Lipinski definition) is 4. The maximum absolute atomic E-state index is 7.65. The van der Waals surface area contributed by atoms with E-state index in [4.69, 9.17) is 4.74 Å². The minimum Gasteiger partial charge on any atom is -0.453 e. The van der Waals surface area contributed by atoms with Crippen molar-refractivity contribution in [2.45, 2.75) is 124 Å². The lowest BCUT2D eigenvalue weighted by Gasteiger charge is -2.50. The van der Waals surface area contributed by atoms with Crippen LogP contribution in [0, 0.1) is 0 Å². The zero-order valence-corrected chi connectivity index (χ0v) is 41.5. The van der Waals surface area contributed by atoms with E-state index in [0.717, 1.165) is 34.2 Å². The van der Waals surface area contributed by atoms with Crippen LogP contribution in [0.5, 0.6) is 11.5 Å². The summed E-state index contributed by atoms with van der Waals surface area (Å²) in [5.74, 6) is 1.85. The third-order valence-corrected chi connectivity index (χ3v) is 15.0. The van der Waals surface area contributed by atoms with Crippen molar-refractivity contribution < 1.29 is 4.74 Å². The van der Waals surface area contributed by atoms with Gasteiger partial charge in [0, 0.05) is 39.3 Å². The Morgan fingerprint density at radius 3 is 1.67 bits per heavy atom. The molecule has 7 aromatic carbocycles. The van der Waals surface area contributed by atoms with E-state index < -0.39 is 0 Å². The first-order chi connectivity index (χ1) is 31.0. The molecule has 0 spiro atoms. The third-order valence-electron chi connectivity index (χ3n) is 15.0. The minimum absolute atomic E-state index is 0.0397. The van der Waals surface area contributed by atoms with Gasteiger partial charge in [0.05, 0.1) is 22.7 Å². The van der Waals surface area contributed by atoms with E-state index in [1.807, 2.05) is 0 Å². The van der Waals surface area contributed by atoms with E-state index in [2.05, 4.69) is 245 Å². The molecule has 4 aliphatic rings. The molecule has 0 radical (unpaired) electrons. The van der Waals surface area contributed by atoms with Crippen molar-refractivity contribution in [2.24, 2.45) is 0 Å². The van der Waals surface area contributed by atoms with Crippen LogP contribution in [0.15, 0.2) is 133 Å². The molecule has 5 heteroatoms. The van der Waals surface area contributed by atoms with Crippen LogP contribution >= 0.6 is 0 Å². The average molecular weight is 866 g/mol. The van der Waals surface area contributed by atoms with Crippen LogP contribution in [0.4, 0.5) is 45.5 Å². The summed E-state index contributed by atoms with van der Waals surface area (Å²) in [6.07, 6.45) is 0. The van der Waals surface area contributed by atoms with Gasteiger partial charge in [0.2, 0.25) is 0 Å². The summed E-state index contributed by atoms with van der Waals surface area (Å²) in [7, 11) is 0. The van der Waals surface area contributed by atoms with E-state index in [9.17, 15) is 0 Å². The molecule has 66 heavy (non-hydrogen) atoms. The predicted octanol–water partition coefficient (Wildman–Crippen LogP) is 15.8. The van der Waals surface area contributed by atoms with Crippen molar-refractivity contribution in [3.63, 3.8) is 0 Å². The zero-order chi connectivity index (χ0) is 46.6. The Bertz CT molecular complexity index is 3140. The number of anilines is 8. The monoisotopic (exact) mass is 866 g/mol. The topological polar surface area (TPSA) is 19.0 Å². The fourth-order valence-corrected chi connectivity index (χ4v) is 11.2. The van der Waals surface area contributed by atoms with Crippen LogP contribution in [-0.4, -0.2) is 6.85 Å². The molecular weight excluding hydrogens is 802 g/mol. The largest absolute Gasteiger partial charge is 0.453 e. The second kappa shape index (κ2) is 13.9. The minimum atomic E-state index is -0.382. The predicted molar refractivity (Wildman–Crippen MR) is 282 cm³/mol. The Morgan fingerprint density at radius 2 is 1.00 bits per heavy atom. The lowest BCUT2D eigenvalue weighted by atomic mass is 9.43. The van der Waals surface area contributed by atoms with E-state index in [1.165, 1.54) is 78.2 Å². The van der Waals surface area contributed by atoms with Crippen molar-refractivity contribution in [3.8, 4) is 22.6 Å². The third kappa shape index (κ3) is 6.25. The standard InChI is InChI=1S/C61H64BN3O/c1-57(2,3)37-24-27-42(28-25-37)64-50-34-38(58(4,5)6)26-29-46(50)62-54-43(32-39(35-51(54)64)59(7,8)9)44-33-40(60(10,11)12)36-52-55(44)65(62)49-31-30-48-53(56(49)66-52)61(13,14)45-22-18-19-23-47(45)63(48)41-20-16-15-17-21-41/h15-36H,1-14H3. The first-order valence-corrected chi connectivity index (χ1v) is 24.1. The number of para-hydroxylation sites is 2. The highest BCUT2D eigenvalue weighted by Gasteiger charge is 2.51. The van der Waals surface area contributed by atoms with Crippen LogP contribution in [0.25, 0.3) is 11.1 Å². The maximum atomic E-state index is 7.65. The molecule has 4 nitrogen and oxygen atoms in total. The highest BCUT2D eigenvalue weighted by molar-refractivity contribution is 6.93. The van der Waals surface area contributed by atoms with E-state index in [-0.39, 0.29) is 33.9 Å². The Hall–Kier alpha value is -6.20. The summed E-state index contributed by atoms with van der Waals surface area (Å²) in [5, 5.41) is 0. The lowest BCUT2D eigenvalue weighted by molar-refractivity contribution is 0.454. The first-order valence-electron chi connectivity index (χ1n) is 24.1. The molecule has 0 saturated carbocycles. The first kappa shape index (κ1) is 42.4. The van der Waals surface area contributed by atoms with Crippen molar-refractivity contribution in [3.05, 3.63) is 167 Å². The van der Waals surface area contributed by atoms with Gasteiger partial charge < -0.3 is 19.3 Å². The number of fused-ring (bicyclic) bond motifs is 9. The highest BCUT2D eigenvalue weighted by atomic mass is 16.5. The Morgan fingerprint density at radius 1 is 0.455 bits per heavy atom. The van der Waals surface area contributed by atoms with Crippen LogP contribution in [0.2, 0.25) is 0 Å². The molecule has 4 aliphatic heterocycles. The van der Waals surface area contributed by atoms with Gasteiger partial charge >= 0.3 is 6.85 Å². The molecule has 4 heterocycles. The summed E-state index contributed by atoms with van der Waals surface area (Å²) < 4.78 is 7.65. The lowest BCUT2D eigenvalue weighted by Crippen LogP contribution is -2.62.